The van der Waals surface area contributed by atoms with Gasteiger partial charge in [0.25, 0.3) is 0 Å². The summed E-state index contributed by atoms with van der Waals surface area (Å²) >= 11 is 0. The van der Waals surface area contributed by atoms with E-state index in [1.54, 1.807) is 0 Å². The number of unbranched alkanes of at least 4 members (excludes halogenated alkanes) is 9. The van der Waals surface area contributed by atoms with Gasteiger partial charge in [-0.15, -0.1) is 0 Å². The van der Waals surface area contributed by atoms with E-state index in [9.17, 15) is 19.8 Å². The maximum absolute atomic E-state index is 12.3. The summed E-state index contributed by atoms with van der Waals surface area (Å²) in [6.07, 6.45) is 15.7. The number of carbonyl (C=O) groups is 2. The molecule has 0 radical (unpaired) electrons. The van der Waals surface area contributed by atoms with E-state index in [1.165, 1.54) is 51.4 Å². The number of rotatable bonds is 15. The molecule has 3 unspecified atom stereocenters. The molecule has 0 aromatic rings. The highest BCUT2D eigenvalue weighted by Crippen LogP contribution is 2.51. The average Bonchev–Trinajstić information content (AvgIpc) is 2.63. The van der Waals surface area contributed by atoms with Gasteiger partial charge in [-0.05, 0) is 37.5 Å². The Morgan fingerprint density at radius 1 is 0.929 bits per heavy atom. The standard InChI is InChI=1S/C24H44O4/c1-4-5-6-7-8-9-10-11-12-13-16-21-20(22(25)26)15-14-17-24(21,23(27)28)18-19(2)3/h19-21H,4-18H2,1-3H3,(H,25,26)(H,27,28). The average molecular weight is 397 g/mol. The molecule has 4 nitrogen and oxygen atoms in total. The third kappa shape index (κ3) is 7.75. The van der Waals surface area contributed by atoms with Crippen LogP contribution in [-0.2, 0) is 9.59 Å². The van der Waals surface area contributed by atoms with Crippen LogP contribution in [0.5, 0.6) is 0 Å². The second kappa shape index (κ2) is 13.2. The van der Waals surface area contributed by atoms with Gasteiger partial charge in [-0.25, -0.2) is 0 Å². The van der Waals surface area contributed by atoms with Gasteiger partial charge in [0.05, 0.1) is 11.3 Å². The second-order valence-corrected chi connectivity index (χ2v) is 9.47. The number of aliphatic carboxylic acids is 2. The van der Waals surface area contributed by atoms with Crippen molar-refractivity contribution in [2.24, 2.45) is 23.2 Å². The lowest BCUT2D eigenvalue weighted by Gasteiger charge is -2.45. The molecule has 1 aliphatic rings. The van der Waals surface area contributed by atoms with Gasteiger partial charge >= 0.3 is 11.9 Å². The Kier molecular flexibility index (Phi) is 11.8. The summed E-state index contributed by atoms with van der Waals surface area (Å²) in [4.78, 5) is 24.1. The van der Waals surface area contributed by atoms with E-state index in [2.05, 4.69) is 6.92 Å². The highest BCUT2D eigenvalue weighted by molar-refractivity contribution is 5.78. The van der Waals surface area contributed by atoms with Gasteiger partial charge in [0, 0.05) is 0 Å². The lowest BCUT2D eigenvalue weighted by atomic mass is 9.57. The quantitative estimate of drug-likeness (QED) is 0.295. The van der Waals surface area contributed by atoms with E-state index in [-0.39, 0.29) is 11.8 Å². The third-order valence-corrected chi connectivity index (χ3v) is 6.72. The summed E-state index contributed by atoms with van der Waals surface area (Å²) < 4.78 is 0. The fourth-order valence-corrected chi connectivity index (χ4v) is 5.37. The molecule has 2 N–H and O–H groups in total. The Labute approximate surface area is 172 Å². The molecule has 0 amide bonds. The van der Waals surface area contributed by atoms with Crippen molar-refractivity contribution in [3.8, 4) is 0 Å². The molecule has 3 atom stereocenters. The van der Waals surface area contributed by atoms with Crippen molar-refractivity contribution in [3.63, 3.8) is 0 Å². The molecule has 0 aromatic carbocycles. The minimum Gasteiger partial charge on any atom is -0.481 e. The first-order valence-electron chi connectivity index (χ1n) is 11.8. The van der Waals surface area contributed by atoms with Crippen LogP contribution in [0.2, 0.25) is 0 Å². The van der Waals surface area contributed by atoms with Crippen molar-refractivity contribution in [2.75, 3.05) is 0 Å². The van der Waals surface area contributed by atoms with Crippen LogP contribution in [-0.4, -0.2) is 22.2 Å². The molecular formula is C24H44O4. The Hall–Kier alpha value is -1.06. The van der Waals surface area contributed by atoms with E-state index < -0.39 is 23.3 Å². The normalized spacial score (nSPS) is 25.1. The Bertz CT molecular complexity index is 460. The summed E-state index contributed by atoms with van der Waals surface area (Å²) in [6, 6.07) is 0. The lowest BCUT2D eigenvalue weighted by molar-refractivity contribution is -0.165. The summed E-state index contributed by atoms with van der Waals surface area (Å²) in [6.45, 7) is 6.33. The highest BCUT2D eigenvalue weighted by atomic mass is 16.4. The zero-order chi connectivity index (χ0) is 21.0. The van der Waals surface area contributed by atoms with E-state index >= 15 is 0 Å². The molecule has 1 saturated carbocycles. The lowest BCUT2D eigenvalue weighted by Crippen LogP contribution is -2.48. The molecule has 28 heavy (non-hydrogen) atoms. The van der Waals surface area contributed by atoms with Crippen molar-refractivity contribution < 1.29 is 19.8 Å². The van der Waals surface area contributed by atoms with E-state index in [0.29, 0.717) is 25.7 Å². The van der Waals surface area contributed by atoms with Gasteiger partial charge in [0.2, 0.25) is 0 Å². The molecule has 0 bridgehead atoms. The maximum Gasteiger partial charge on any atom is 0.309 e. The molecule has 0 aliphatic heterocycles. The van der Waals surface area contributed by atoms with Crippen LogP contribution in [0.25, 0.3) is 0 Å². The molecule has 0 aromatic heterocycles. The molecule has 1 aliphatic carbocycles. The monoisotopic (exact) mass is 396 g/mol. The first-order valence-corrected chi connectivity index (χ1v) is 11.8. The van der Waals surface area contributed by atoms with Crippen LogP contribution in [0, 0.1) is 23.2 Å². The van der Waals surface area contributed by atoms with Crippen LogP contribution in [0.15, 0.2) is 0 Å². The van der Waals surface area contributed by atoms with Crippen molar-refractivity contribution in [3.05, 3.63) is 0 Å². The van der Waals surface area contributed by atoms with Crippen LogP contribution < -0.4 is 0 Å². The van der Waals surface area contributed by atoms with E-state index in [0.717, 1.165) is 19.3 Å². The summed E-state index contributed by atoms with van der Waals surface area (Å²) in [5.41, 5.74) is -0.852. The molecule has 1 fully saturated rings. The first-order chi connectivity index (χ1) is 13.3. The number of hydrogen-bond donors (Lipinski definition) is 2. The number of carboxylic acid groups (broad SMARTS) is 2. The van der Waals surface area contributed by atoms with Crippen molar-refractivity contribution in [1.29, 1.82) is 0 Å². The molecule has 0 spiro atoms. The fraction of sp³-hybridized carbons (Fsp3) is 0.917. The number of carboxylic acids is 2. The van der Waals surface area contributed by atoms with Crippen molar-refractivity contribution in [1.82, 2.24) is 0 Å². The second-order valence-electron chi connectivity index (χ2n) is 9.47. The van der Waals surface area contributed by atoms with Crippen LogP contribution in [0.4, 0.5) is 0 Å². The van der Waals surface area contributed by atoms with Crippen molar-refractivity contribution >= 4 is 11.9 Å². The van der Waals surface area contributed by atoms with Crippen LogP contribution >= 0.6 is 0 Å². The molecule has 164 valence electrons. The molecule has 0 saturated heterocycles. The highest BCUT2D eigenvalue weighted by Gasteiger charge is 2.52. The van der Waals surface area contributed by atoms with Gasteiger partial charge in [0.15, 0.2) is 0 Å². The van der Waals surface area contributed by atoms with Gasteiger partial charge in [-0.2, -0.15) is 0 Å². The van der Waals surface area contributed by atoms with Crippen LogP contribution in [0.1, 0.15) is 117 Å². The van der Waals surface area contributed by atoms with E-state index in [1.807, 2.05) is 13.8 Å². The number of hydrogen-bond acceptors (Lipinski definition) is 2. The SMILES string of the molecule is CCCCCCCCCCCCC1C(C(=O)O)CCCC1(CC(C)C)C(=O)O. The predicted molar refractivity (Wildman–Crippen MR) is 114 cm³/mol. The molecule has 4 heteroatoms. The molecule has 1 rings (SSSR count). The largest absolute Gasteiger partial charge is 0.481 e. The summed E-state index contributed by atoms with van der Waals surface area (Å²) in [5.74, 6) is -2.04. The Morgan fingerprint density at radius 2 is 1.46 bits per heavy atom. The van der Waals surface area contributed by atoms with E-state index in [4.69, 9.17) is 0 Å². The predicted octanol–water partition coefficient (Wildman–Crippen LogP) is 6.92. The first kappa shape index (κ1) is 25.0. The summed E-state index contributed by atoms with van der Waals surface area (Å²) in [7, 11) is 0. The Morgan fingerprint density at radius 3 is 1.93 bits per heavy atom. The van der Waals surface area contributed by atoms with Gasteiger partial charge in [-0.1, -0.05) is 91.4 Å². The summed E-state index contributed by atoms with van der Waals surface area (Å²) in [5, 5.41) is 19.8. The minimum absolute atomic E-state index is 0.229. The fourth-order valence-electron chi connectivity index (χ4n) is 5.37. The molecule has 0 heterocycles. The Balaban J connectivity index is 2.53. The minimum atomic E-state index is -0.852. The van der Waals surface area contributed by atoms with Gasteiger partial charge in [0.1, 0.15) is 0 Å². The topological polar surface area (TPSA) is 74.6 Å². The van der Waals surface area contributed by atoms with Crippen molar-refractivity contribution in [2.45, 2.75) is 117 Å². The van der Waals surface area contributed by atoms with Gasteiger partial charge < -0.3 is 10.2 Å². The smallest absolute Gasteiger partial charge is 0.309 e. The zero-order valence-corrected chi connectivity index (χ0v) is 18.5. The molecular weight excluding hydrogens is 352 g/mol. The van der Waals surface area contributed by atoms with Gasteiger partial charge in [-0.3, -0.25) is 9.59 Å². The zero-order valence-electron chi connectivity index (χ0n) is 18.5. The van der Waals surface area contributed by atoms with Crippen LogP contribution in [0.3, 0.4) is 0 Å². The third-order valence-electron chi connectivity index (χ3n) is 6.72. The maximum atomic E-state index is 12.3.